The topological polar surface area (TPSA) is 49.8 Å². The summed E-state index contributed by atoms with van der Waals surface area (Å²) in [5.41, 5.74) is -1.14. The van der Waals surface area contributed by atoms with Crippen molar-refractivity contribution in [2.75, 3.05) is 13.1 Å². The van der Waals surface area contributed by atoms with Crippen molar-refractivity contribution in [1.82, 2.24) is 4.90 Å². The van der Waals surface area contributed by atoms with E-state index in [-0.39, 0.29) is 12.0 Å². The molecule has 0 radical (unpaired) electrons. The average Bonchev–Trinajstić information content (AvgIpc) is 2.74. The molecule has 0 bridgehead atoms. The van der Waals surface area contributed by atoms with Gasteiger partial charge >= 0.3 is 5.97 Å². The third-order valence-corrected chi connectivity index (χ3v) is 3.86. The van der Waals surface area contributed by atoms with E-state index in [1.165, 1.54) is 0 Å². The molecule has 19 heavy (non-hydrogen) atoms. The van der Waals surface area contributed by atoms with Crippen LogP contribution < -0.4 is 0 Å². The zero-order valence-corrected chi connectivity index (χ0v) is 13.0. The Morgan fingerprint density at radius 3 is 2.37 bits per heavy atom. The molecule has 1 rings (SSSR count). The average molecular weight is 271 g/mol. The van der Waals surface area contributed by atoms with Gasteiger partial charge in [-0.15, -0.1) is 0 Å². The minimum absolute atomic E-state index is 0.153. The normalized spacial score (nSPS) is 21.7. The predicted octanol–water partition coefficient (Wildman–Crippen LogP) is 2.34. The van der Waals surface area contributed by atoms with E-state index in [4.69, 9.17) is 4.74 Å². The largest absolute Gasteiger partial charge is 0.459 e. The highest BCUT2D eigenvalue weighted by molar-refractivity contribution is 5.76. The Morgan fingerprint density at radius 1 is 1.32 bits per heavy atom. The number of hydrogen-bond acceptors (Lipinski definition) is 4. The van der Waals surface area contributed by atoms with Gasteiger partial charge in [-0.3, -0.25) is 9.69 Å². The summed E-state index contributed by atoms with van der Waals surface area (Å²) < 4.78 is 5.47. The molecule has 1 N–H and O–H groups in total. The van der Waals surface area contributed by atoms with E-state index in [1.54, 1.807) is 0 Å². The Bertz CT molecular complexity index is 305. The van der Waals surface area contributed by atoms with Crippen LogP contribution in [0.1, 0.15) is 60.3 Å². The molecule has 4 heteroatoms. The van der Waals surface area contributed by atoms with Crippen molar-refractivity contribution >= 4 is 5.97 Å². The summed E-state index contributed by atoms with van der Waals surface area (Å²) in [5, 5.41) is 10.4. The Balaban J connectivity index is 2.66. The van der Waals surface area contributed by atoms with Crippen LogP contribution in [0.4, 0.5) is 0 Å². The Morgan fingerprint density at radius 2 is 1.89 bits per heavy atom. The van der Waals surface area contributed by atoms with Crippen molar-refractivity contribution in [2.24, 2.45) is 0 Å². The summed E-state index contributed by atoms with van der Waals surface area (Å²) in [7, 11) is 0. The highest BCUT2D eigenvalue weighted by Gasteiger charge is 2.37. The number of carbonyl (C=O) groups is 1. The number of likely N-dealkylation sites (tertiary alicyclic amines) is 1. The predicted molar refractivity (Wildman–Crippen MR) is 76.0 cm³/mol. The smallest absolute Gasteiger partial charge is 0.323 e. The Hall–Kier alpha value is -0.610. The molecule has 1 aliphatic rings. The van der Waals surface area contributed by atoms with Crippen molar-refractivity contribution in [3.05, 3.63) is 0 Å². The van der Waals surface area contributed by atoms with Crippen LogP contribution >= 0.6 is 0 Å². The van der Waals surface area contributed by atoms with E-state index in [1.807, 2.05) is 34.6 Å². The van der Waals surface area contributed by atoms with Crippen LogP contribution in [0.2, 0.25) is 0 Å². The maximum absolute atomic E-state index is 12.2. The van der Waals surface area contributed by atoms with E-state index in [2.05, 4.69) is 4.90 Å². The highest BCUT2D eigenvalue weighted by Crippen LogP contribution is 2.25. The van der Waals surface area contributed by atoms with Crippen LogP contribution in [-0.4, -0.2) is 46.3 Å². The van der Waals surface area contributed by atoms with Crippen LogP contribution in [-0.2, 0) is 9.53 Å². The first-order valence-electron chi connectivity index (χ1n) is 7.40. The molecule has 0 aromatic rings. The molecule has 0 unspecified atom stereocenters. The third-order valence-electron chi connectivity index (χ3n) is 3.86. The van der Waals surface area contributed by atoms with Gasteiger partial charge in [0.2, 0.25) is 0 Å². The molecule has 0 aromatic carbocycles. The molecule has 1 aliphatic heterocycles. The summed E-state index contributed by atoms with van der Waals surface area (Å²) in [6.45, 7) is 11.1. The molecule has 1 fully saturated rings. The van der Waals surface area contributed by atoms with Crippen LogP contribution in [0.5, 0.6) is 0 Å². The number of rotatable bonds is 5. The SMILES string of the molecule is CCC(O)(CC)CN1CCC[C@H]1C(=O)OC(C)(C)C. The lowest BCUT2D eigenvalue weighted by Crippen LogP contribution is -2.48. The molecule has 1 heterocycles. The maximum Gasteiger partial charge on any atom is 0.323 e. The molecule has 112 valence electrons. The summed E-state index contributed by atoms with van der Waals surface area (Å²) in [4.78, 5) is 14.3. The molecule has 0 saturated carbocycles. The molecule has 1 saturated heterocycles. The van der Waals surface area contributed by atoms with Gasteiger partial charge in [0.25, 0.3) is 0 Å². The standard InChI is InChI=1S/C15H29NO3/c1-6-15(18,7-2)11-16-10-8-9-12(16)13(17)19-14(3,4)5/h12,18H,6-11H2,1-5H3/t12-/m0/s1. The number of β-amino-alcohol motifs (C(OH)–C–C–N with tert-alkyl or cyclic N) is 1. The van der Waals surface area contributed by atoms with Gasteiger partial charge in [-0.25, -0.2) is 0 Å². The van der Waals surface area contributed by atoms with E-state index >= 15 is 0 Å². The van der Waals surface area contributed by atoms with E-state index in [0.717, 1.165) is 19.4 Å². The van der Waals surface area contributed by atoms with E-state index in [0.29, 0.717) is 19.4 Å². The minimum Gasteiger partial charge on any atom is -0.459 e. The number of ether oxygens (including phenoxy) is 1. The Kier molecular flexibility index (Phi) is 5.39. The number of aliphatic hydroxyl groups is 1. The molecular weight excluding hydrogens is 242 g/mol. The fourth-order valence-electron chi connectivity index (χ4n) is 2.50. The zero-order chi connectivity index (χ0) is 14.7. The zero-order valence-electron chi connectivity index (χ0n) is 13.0. The van der Waals surface area contributed by atoms with Gasteiger partial charge in [-0.2, -0.15) is 0 Å². The first-order valence-corrected chi connectivity index (χ1v) is 7.40. The molecule has 1 atom stereocenters. The van der Waals surface area contributed by atoms with Gasteiger partial charge in [0, 0.05) is 6.54 Å². The van der Waals surface area contributed by atoms with Gasteiger partial charge in [0.05, 0.1) is 5.60 Å². The van der Waals surface area contributed by atoms with Crippen molar-refractivity contribution in [3.8, 4) is 0 Å². The molecule has 0 aromatic heterocycles. The summed E-state index contributed by atoms with van der Waals surface area (Å²) in [6.07, 6.45) is 3.24. The third kappa shape index (κ3) is 4.77. The van der Waals surface area contributed by atoms with Crippen molar-refractivity contribution in [1.29, 1.82) is 0 Å². The number of esters is 1. The second kappa shape index (κ2) is 6.23. The van der Waals surface area contributed by atoms with Gasteiger partial charge in [-0.05, 0) is 53.0 Å². The van der Waals surface area contributed by atoms with Gasteiger partial charge in [0.15, 0.2) is 0 Å². The van der Waals surface area contributed by atoms with E-state index in [9.17, 15) is 9.90 Å². The summed E-state index contributed by atoms with van der Waals surface area (Å²) in [5.74, 6) is -0.153. The highest BCUT2D eigenvalue weighted by atomic mass is 16.6. The fraction of sp³-hybridized carbons (Fsp3) is 0.933. The summed E-state index contributed by atoms with van der Waals surface area (Å²) in [6, 6.07) is -0.191. The minimum atomic E-state index is -0.690. The van der Waals surface area contributed by atoms with Gasteiger partial charge in [-0.1, -0.05) is 13.8 Å². The second-order valence-corrected chi connectivity index (χ2v) is 6.59. The summed E-state index contributed by atoms with van der Waals surface area (Å²) >= 11 is 0. The first kappa shape index (κ1) is 16.4. The van der Waals surface area contributed by atoms with E-state index < -0.39 is 11.2 Å². The van der Waals surface area contributed by atoms with Crippen molar-refractivity contribution in [2.45, 2.75) is 77.5 Å². The molecule has 4 nitrogen and oxygen atoms in total. The van der Waals surface area contributed by atoms with Gasteiger partial charge < -0.3 is 9.84 Å². The van der Waals surface area contributed by atoms with Crippen LogP contribution in [0, 0.1) is 0 Å². The fourth-order valence-corrected chi connectivity index (χ4v) is 2.50. The lowest BCUT2D eigenvalue weighted by Gasteiger charge is -2.34. The number of carbonyl (C=O) groups excluding carboxylic acids is 1. The van der Waals surface area contributed by atoms with Gasteiger partial charge in [0.1, 0.15) is 11.6 Å². The monoisotopic (exact) mass is 271 g/mol. The van der Waals surface area contributed by atoms with Crippen molar-refractivity contribution < 1.29 is 14.6 Å². The van der Waals surface area contributed by atoms with Crippen LogP contribution in [0.3, 0.4) is 0 Å². The van der Waals surface area contributed by atoms with Crippen LogP contribution in [0.15, 0.2) is 0 Å². The molecule has 0 amide bonds. The van der Waals surface area contributed by atoms with Crippen molar-refractivity contribution in [3.63, 3.8) is 0 Å². The lowest BCUT2D eigenvalue weighted by molar-refractivity contribution is -0.161. The number of hydrogen-bond donors (Lipinski definition) is 1. The van der Waals surface area contributed by atoms with Crippen LogP contribution in [0.25, 0.3) is 0 Å². The first-order chi connectivity index (χ1) is 8.71. The number of nitrogens with zero attached hydrogens (tertiary/aromatic N) is 1. The molecular formula is C15H29NO3. The lowest BCUT2D eigenvalue weighted by atomic mass is 9.96. The second-order valence-electron chi connectivity index (χ2n) is 6.59. The molecule has 0 spiro atoms. The molecule has 0 aliphatic carbocycles. The maximum atomic E-state index is 12.2. The Labute approximate surface area is 117 Å². The quantitative estimate of drug-likeness (QED) is 0.780.